The van der Waals surface area contributed by atoms with Gasteiger partial charge in [0.2, 0.25) is 0 Å². The molecule has 0 spiro atoms. The van der Waals surface area contributed by atoms with Gasteiger partial charge in [-0.05, 0) is 35.6 Å². The lowest BCUT2D eigenvalue weighted by atomic mass is 10.3. The van der Waals surface area contributed by atoms with Crippen molar-refractivity contribution in [3.05, 3.63) is 60.7 Å². The van der Waals surface area contributed by atoms with Gasteiger partial charge in [-0.2, -0.15) is 0 Å². The lowest BCUT2D eigenvalue weighted by Crippen LogP contribution is -2.23. The maximum Gasteiger partial charge on any atom is 0.0990 e. The molecule has 2 nitrogen and oxygen atoms in total. The van der Waals surface area contributed by atoms with Gasteiger partial charge in [-0.25, -0.2) is 4.99 Å². The van der Waals surface area contributed by atoms with E-state index in [9.17, 15) is 0 Å². The van der Waals surface area contributed by atoms with Gasteiger partial charge < -0.3 is 4.67 Å². The van der Waals surface area contributed by atoms with E-state index in [-0.39, 0.29) is 8.07 Å². The third kappa shape index (κ3) is 4.42. The maximum atomic E-state index is 4.69. The number of rotatable bonds is 6. The average molecular weight is 312 g/mol. The van der Waals surface area contributed by atoms with Crippen LogP contribution in [0.4, 0.5) is 11.4 Å². The van der Waals surface area contributed by atoms with Crippen molar-refractivity contribution in [1.82, 2.24) is 0 Å². The number of hydrogen-bond donors (Lipinski definition) is 0. The normalized spacial score (nSPS) is 11.8. The fourth-order valence-electron chi connectivity index (χ4n) is 2.57. The second-order valence-electron chi connectivity index (χ2n) is 5.83. The van der Waals surface area contributed by atoms with Crippen LogP contribution in [0.2, 0.25) is 0 Å². The van der Waals surface area contributed by atoms with E-state index >= 15 is 0 Å². The molecule has 0 aliphatic rings. The van der Waals surface area contributed by atoms with Crippen LogP contribution in [0.25, 0.3) is 0 Å². The summed E-state index contributed by atoms with van der Waals surface area (Å²) in [4.78, 5) is 4.69. The molecule has 2 aromatic rings. The van der Waals surface area contributed by atoms with Crippen molar-refractivity contribution < 1.29 is 0 Å². The van der Waals surface area contributed by atoms with Gasteiger partial charge >= 0.3 is 0 Å². The van der Waals surface area contributed by atoms with E-state index in [1.807, 2.05) is 36.7 Å². The van der Waals surface area contributed by atoms with E-state index in [2.05, 4.69) is 67.7 Å². The van der Waals surface area contributed by atoms with Gasteiger partial charge in [0.05, 0.1) is 12.0 Å². The van der Waals surface area contributed by atoms with Crippen molar-refractivity contribution in [3.63, 3.8) is 0 Å². The highest BCUT2D eigenvalue weighted by Crippen LogP contribution is 2.50. The highest BCUT2D eigenvalue weighted by Gasteiger charge is 2.24. The van der Waals surface area contributed by atoms with Crippen molar-refractivity contribution in [2.45, 2.75) is 39.0 Å². The fraction of sp³-hybridized carbons (Fsp3) is 0.316. The van der Waals surface area contributed by atoms with Crippen LogP contribution in [0, 0.1) is 0 Å². The second-order valence-corrected chi connectivity index (χ2v) is 9.08. The van der Waals surface area contributed by atoms with Crippen molar-refractivity contribution in [1.29, 1.82) is 0 Å². The van der Waals surface area contributed by atoms with Crippen LogP contribution >= 0.6 is 8.07 Å². The van der Waals surface area contributed by atoms with E-state index in [4.69, 9.17) is 0 Å². The monoisotopic (exact) mass is 312 g/mol. The molecule has 0 aliphatic heterocycles. The van der Waals surface area contributed by atoms with Crippen LogP contribution in [0.5, 0.6) is 0 Å². The zero-order valence-corrected chi connectivity index (χ0v) is 14.7. The number of anilines is 1. The molecule has 0 unspecified atom stereocenters. The summed E-state index contributed by atoms with van der Waals surface area (Å²) in [7, 11) is -0.331. The molecule has 0 radical (unpaired) electrons. The van der Waals surface area contributed by atoms with Crippen LogP contribution in [0.1, 0.15) is 27.7 Å². The van der Waals surface area contributed by atoms with E-state index in [0.29, 0.717) is 11.3 Å². The molecule has 0 atom stereocenters. The number of nitrogens with zero attached hydrogens (tertiary/aromatic N) is 2. The van der Waals surface area contributed by atoms with E-state index in [1.165, 1.54) is 5.69 Å². The van der Waals surface area contributed by atoms with E-state index in [1.54, 1.807) is 0 Å². The largest absolute Gasteiger partial charge is 0.310 e. The summed E-state index contributed by atoms with van der Waals surface area (Å²) in [6.07, 6.45) is 2.01. The van der Waals surface area contributed by atoms with Gasteiger partial charge in [0.25, 0.3) is 0 Å². The molecule has 0 saturated heterocycles. The smallest absolute Gasteiger partial charge is 0.0990 e. The Hall–Kier alpha value is -1.66. The van der Waals surface area contributed by atoms with E-state index in [0.717, 1.165) is 5.69 Å². The third-order valence-electron chi connectivity index (χ3n) is 3.40. The second kappa shape index (κ2) is 8.10. The van der Waals surface area contributed by atoms with Crippen LogP contribution in [0.3, 0.4) is 0 Å². The lowest BCUT2D eigenvalue weighted by molar-refractivity contribution is 1.00. The summed E-state index contributed by atoms with van der Waals surface area (Å²) in [5.41, 5.74) is 3.43. The van der Waals surface area contributed by atoms with Gasteiger partial charge in [-0.15, -0.1) is 0 Å². The summed E-state index contributed by atoms with van der Waals surface area (Å²) in [6.45, 7) is 9.21. The topological polar surface area (TPSA) is 15.6 Å². The zero-order valence-electron chi connectivity index (χ0n) is 13.8. The Morgan fingerprint density at radius 3 is 1.82 bits per heavy atom. The molecule has 3 heteroatoms. The quantitative estimate of drug-likeness (QED) is 0.359. The van der Waals surface area contributed by atoms with Gasteiger partial charge in [0.1, 0.15) is 0 Å². The molecule has 2 rings (SSSR count). The summed E-state index contributed by atoms with van der Waals surface area (Å²) in [5, 5.41) is 0. The minimum Gasteiger partial charge on any atom is -0.310 e. The molecule has 0 aromatic heterocycles. The summed E-state index contributed by atoms with van der Waals surface area (Å²) in [6, 6.07) is 20.7. The van der Waals surface area contributed by atoms with Gasteiger partial charge in [-0.1, -0.05) is 64.1 Å². The minimum absolute atomic E-state index is 0.331. The van der Waals surface area contributed by atoms with Gasteiger partial charge in [0, 0.05) is 13.8 Å². The van der Waals surface area contributed by atoms with E-state index < -0.39 is 0 Å². The fourth-order valence-corrected chi connectivity index (χ4v) is 5.33. The lowest BCUT2D eigenvalue weighted by Gasteiger charge is -2.36. The molecule has 22 heavy (non-hydrogen) atoms. The molecule has 0 bridgehead atoms. The number of aliphatic imine (C=N–C) groups is 1. The standard InChI is InChI=1S/C19H25N2P/c1-16(2)22(17(3)4)21(19-13-9-6-10-14-19)15-20-18-11-7-5-8-12-18/h5-17H,1-4H3. The van der Waals surface area contributed by atoms with Crippen molar-refractivity contribution in [2.75, 3.05) is 4.67 Å². The number of hydrogen-bond acceptors (Lipinski definition) is 1. The summed E-state index contributed by atoms with van der Waals surface area (Å²) >= 11 is 0. The highest BCUT2D eigenvalue weighted by atomic mass is 31.1. The minimum atomic E-state index is -0.331. The molecule has 0 saturated carbocycles. The summed E-state index contributed by atoms with van der Waals surface area (Å²) < 4.78 is 2.37. The first kappa shape index (κ1) is 16.7. The molecular formula is C19H25N2P. The van der Waals surface area contributed by atoms with Crippen molar-refractivity contribution in [3.8, 4) is 0 Å². The predicted octanol–water partition coefficient (Wildman–Crippen LogP) is 6.07. The van der Waals surface area contributed by atoms with Crippen LogP contribution in [0.15, 0.2) is 65.7 Å². The molecular weight excluding hydrogens is 287 g/mol. The van der Waals surface area contributed by atoms with Gasteiger partial charge in [0.15, 0.2) is 0 Å². The molecule has 116 valence electrons. The zero-order chi connectivity index (χ0) is 15.9. The maximum absolute atomic E-state index is 4.69. The SMILES string of the molecule is CC(C)P(C(C)C)N(C=Nc1ccccc1)c1ccccc1. The molecule has 0 fully saturated rings. The van der Waals surface area contributed by atoms with Crippen LogP contribution in [-0.2, 0) is 0 Å². The molecule has 0 heterocycles. The number of para-hydroxylation sites is 2. The van der Waals surface area contributed by atoms with Gasteiger partial charge in [-0.3, -0.25) is 0 Å². The Balaban J connectivity index is 2.35. The first-order valence-electron chi connectivity index (χ1n) is 7.81. The molecule has 0 N–H and O–H groups in total. The Labute approximate surface area is 135 Å². The average Bonchev–Trinajstić information content (AvgIpc) is 2.52. The van der Waals surface area contributed by atoms with Crippen molar-refractivity contribution in [2.24, 2.45) is 4.99 Å². The van der Waals surface area contributed by atoms with Crippen LogP contribution < -0.4 is 4.67 Å². The Morgan fingerprint density at radius 2 is 1.32 bits per heavy atom. The Morgan fingerprint density at radius 1 is 0.818 bits per heavy atom. The predicted molar refractivity (Wildman–Crippen MR) is 101 cm³/mol. The number of benzene rings is 2. The Bertz CT molecular complexity index is 571. The third-order valence-corrected chi connectivity index (χ3v) is 6.35. The first-order valence-corrected chi connectivity index (χ1v) is 9.24. The molecule has 0 aliphatic carbocycles. The summed E-state index contributed by atoms with van der Waals surface area (Å²) in [5.74, 6) is 0. The molecule has 2 aromatic carbocycles. The van der Waals surface area contributed by atoms with Crippen molar-refractivity contribution >= 4 is 25.8 Å². The highest BCUT2D eigenvalue weighted by molar-refractivity contribution is 7.61. The molecule has 0 amide bonds. The first-order chi connectivity index (χ1) is 10.6. The van der Waals surface area contributed by atoms with Crippen LogP contribution in [-0.4, -0.2) is 17.7 Å². The Kier molecular flexibility index (Phi) is 6.15.